The molecule has 0 aliphatic heterocycles. The Bertz CT molecular complexity index is 1190. The number of hydrogen-bond donors (Lipinski definition) is 1. The fourth-order valence-corrected chi connectivity index (χ4v) is 5.04. The van der Waals surface area contributed by atoms with Crippen LogP contribution in [0.25, 0.3) is 22.1 Å². The highest BCUT2D eigenvalue weighted by Gasteiger charge is 2.15. The van der Waals surface area contributed by atoms with E-state index in [1.54, 1.807) is 11.8 Å². The summed E-state index contributed by atoms with van der Waals surface area (Å²) in [4.78, 5) is 16.9. The summed E-state index contributed by atoms with van der Waals surface area (Å²) in [6, 6.07) is 7.97. The van der Waals surface area contributed by atoms with Crippen molar-refractivity contribution in [2.45, 2.75) is 23.0 Å². The zero-order valence-corrected chi connectivity index (χ0v) is 18.0. The number of aromatic nitrogens is 6. The Morgan fingerprint density at radius 3 is 2.93 bits per heavy atom. The van der Waals surface area contributed by atoms with Gasteiger partial charge in [-0.25, -0.2) is 4.98 Å². The number of nitrogens with one attached hydrogen (secondary N) is 1. The first-order valence-electron chi connectivity index (χ1n) is 8.81. The Morgan fingerprint density at radius 2 is 2.10 bits per heavy atom. The number of allylic oxidation sites excluding steroid dienone is 1. The summed E-state index contributed by atoms with van der Waals surface area (Å²) in [5.74, 6) is 0.882. The molecule has 0 spiro atoms. The van der Waals surface area contributed by atoms with Gasteiger partial charge in [0, 0.05) is 11.9 Å². The molecule has 0 bridgehead atoms. The third kappa shape index (κ3) is 4.26. The number of carbonyl (C=O) groups excluding carboxylic acids is 1. The van der Waals surface area contributed by atoms with E-state index in [4.69, 9.17) is 0 Å². The average molecular weight is 444 g/mol. The van der Waals surface area contributed by atoms with Crippen molar-refractivity contribution in [2.75, 3.05) is 16.8 Å². The third-order valence-corrected chi connectivity index (χ3v) is 6.61. The zero-order valence-electron chi connectivity index (χ0n) is 15.5. The summed E-state index contributed by atoms with van der Waals surface area (Å²) in [6.45, 7) is 6.49. The van der Waals surface area contributed by atoms with Gasteiger partial charge >= 0.3 is 0 Å². The van der Waals surface area contributed by atoms with Gasteiger partial charge in [0.05, 0.1) is 11.3 Å². The van der Waals surface area contributed by atoms with Gasteiger partial charge in [-0.15, -0.1) is 27.0 Å². The Balaban J connectivity index is 1.50. The molecular weight excluding hydrogens is 426 g/mol. The van der Waals surface area contributed by atoms with Gasteiger partial charge in [0.15, 0.2) is 9.99 Å². The minimum atomic E-state index is -0.186. The number of thioether (sulfide) groups is 2. The van der Waals surface area contributed by atoms with Crippen molar-refractivity contribution in [3.63, 3.8) is 0 Å². The molecule has 8 nitrogen and oxygen atoms in total. The normalized spacial score (nSPS) is 11.2. The number of hydrogen-bond acceptors (Lipinski definition) is 9. The predicted octanol–water partition coefficient (Wildman–Crippen LogP) is 3.86. The molecule has 11 heteroatoms. The summed E-state index contributed by atoms with van der Waals surface area (Å²) >= 11 is 4.19. The van der Waals surface area contributed by atoms with E-state index in [-0.39, 0.29) is 11.7 Å². The Kier molecular flexibility index (Phi) is 6.07. The molecule has 148 valence electrons. The van der Waals surface area contributed by atoms with E-state index in [2.05, 4.69) is 37.3 Å². The van der Waals surface area contributed by atoms with E-state index in [0.29, 0.717) is 16.8 Å². The molecule has 0 atom stereocenters. The summed E-state index contributed by atoms with van der Waals surface area (Å²) in [5, 5.41) is 21.2. The minimum Gasteiger partial charge on any atom is -0.320 e. The van der Waals surface area contributed by atoms with Crippen molar-refractivity contribution in [2.24, 2.45) is 0 Å². The summed E-state index contributed by atoms with van der Waals surface area (Å²) < 4.78 is 2.88. The molecule has 0 unspecified atom stereocenters. The summed E-state index contributed by atoms with van der Waals surface area (Å²) in [5.41, 5.74) is 2.50. The molecule has 3 aromatic heterocycles. The van der Waals surface area contributed by atoms with E-state index in [0.717, 1.165) is 32.2 Å². The monoisotopic (exact) mass is 443 g/mol. The quantitative estimate of drug-likeness (QED) is 0.249. The lowest BCUT2D eigenvalue weighted by molar-refractivity contribution is -0.113. The zero-order chi connectivity index (χ0) is 20.2. The van der Waals surface area contributed by atoms with Crippen LogP contribution in [-0.4, -0.2) is 47.4 Å². The van der Waals surface area contributed by atoms with Gasteiger partial charge in [-0.1, -0.05) is 66.1 Å². The maximum atomic E-state index is 12.2. The van der Waals surface area contributed by atoms with Crippen LogP contribution >= 0.6 is 34.9 Å². The second-order valence-corrected chi connectivity index (χ2v) is 9.26. The molecular formula is C18H17N7OS3. The van der Waals surface area contributed by atoms with Crippen LogP contribution in [0.2, 0.25) is 0 Å². The summed E-state index contributed by atoms with van der Waals surface area (Å²) in [7, 11) is 0. The molecule has 1 amide bonds. The predicted molar refractivity (Wildman–Crippen MR) is 119 cm³/mol. The van der Waals surface area contributed by atoms with Gasteiger partial charge in [-0.2, -0.15) is 0 Å². The number of amides is 1. The van der Waals surface area contributed by atoms with E-state index < -0.39 is 0 Å². The highest BCUT2D eigenvalue weighted by molar-refractivity contribution is 8.01. The average Bonchev–Trinajstić information content (AvgIpc) is 3.29. The van der Waals surface area contributed by atoms with E-state index in [1.165, 1.54) is 23.1 Å². The first-order valence-corrected chi connectivity index (χ1v) is 11.6. The minimum absolute atomic E-state index is 0.157. The molecule has 29 heavy (non-hydrogen) atoms. The number of rotatable bonds is 8. The molecule has 1 N–H and O–H groups in total. The van der Waals surface area contributed by atoms with Crippen molar-refractivity contribution in [3.05, 3.63) is 36.9 Å². The SMILES string of the molecule is C=CCn1c2ccccc2c2nnc(SCC(=O)Nc3nnc(SCC)s3)nc21. The Labute approximate surface area is 179 Å². The van der Waals surface area contributed by atoms with Crippen LogP contribution in [-0.2, 0) is 11.3 Å². The number of anilines is 1. The molecule has 0 aliphatic rings. The van der Waals surface area contributed by atoms with Crippen molar-refractivity contribution >= 4 is 68.0 Å². The number of para-hydroxylation sites is 1. The van der Waals surface area contributed by atoms with E-state index in [9.17, 15) is 4.79 Å². The highest BCUT2D eigenvalue weighted by atomic mass is 32.2. The maximum Gasteiger partial charge on any atom is 0.236 e. The number of fused-ring (bicyclic) bond motifs is 3. The first-order chi connectivity index (χ1) is 14.2. The van der Waals surface area contributed by atoms with Crippen LogP contribution in [0.4, 0.5) is 5.13 Å². The Morgan fingerprint density at radius 1 is 1.24 bits per heavy atom. The largest absolute Gasteiger partial charge is 0.320 e. The standard InChI is InChI=1S/C18H17N7OS3/c1-3-9-25-12-8-6-5-7-11(12)14-15(25)20-16(22-21-14)28-10-13(26)19-17-23-24-18(29-17)27-4-2/h3,5-8H,1,4,9-10H2,2H3,(H,19,23,26). The van der Waals surface area contributed by atoms with Crippen molar-refractivity contribution in [1.82, 2.24) is 29.9 Å². The van der Waals surface area contributed by atoms with Crippen LogP contribution < -0.4 is 5.32 Å². The first kappa shape index (κ1) is 19.8. The molecule has 0 aliphatic carbocycles. The fraction of sp³-hybridized carbons (Fsp3) is 0.222. The van der Waals surface area contributed by atoms with Gasteiger partial charge in [-0.3, -0.25) is 10.1 Å². The second kappa shape index (κ2) is 8.89. The fourth-order valence-electron chi connectivity index (χ4n) is 2.79. The van der Waals surface area contributed by atoms with Gasteiger partial charge < -0.3 is 4.57 Å². The van der Waals surface area contributed by atoms with Gasteiger partial charge in [0.1, 0.15) is 5.52 Å². The molecule has 0 fully saturated rings. The third-order valence-electron chi connectivity index (χ3n) is 3.92. The van der Waals surface area contributed by atoms with Gasteiger partial charge in [0.2, 0.25) is 16.2 Å². The van der Waals surface area contributed by atoms with Crippen LogP contribution in [0, 0.1) is 0 Å². The van der Waals surface area contributed by atoms with Crippen LogP contribution in [0.3, 0.4) is 0 Å². The smallest absolute Gasteiger partial charge is 0.236 e. The molecule has 1 aromatic carbocycles. The van der Waals surface area contributed by atoms with Crippen LogP contribution in [0.1, 0.15) is 6.92 Å². The van der Waals surface area contributed by atoms with Crippen molar-refractivity contribution < 1.29 is 4.79 Å². The van der Waals surface area contributed by atoms with E-state index >= 15 is 0 Å². The molecule has 4 aromatic rings. The van der Waals surface area contributed by atoms with Gasteiger partial charge in [-0.05, 0) is 11.8 Å². The Hall–Kier alpha value is -2.50. The van der Waals surface area contributed by atoms with Crippen molar-refractivity contribution in [3.8, 4) is 0 Å². The number of carbonyl (C=O) groups is 1. The van der Waals surface area contributed by atoms with Crippen LogP contribution in [0.5, 0.6) is 0 Å². The molecule has 4 rings (SSSR count). The lowest BCUT2D eigenvalue weighted by Gasteiger charge is -2.03. The number of benzene rings is 1. The second-order valence-electron chi connectivity index (χ2n) is 5.83. The summed E-state index contributed by atoms with van der Waals surface area (Å²) in [6.07, 6.45) is 1.82. The number of nitrogens with zero attached hydrogens (tertiary/aromatic N) is 6. The topological polar surface area (TPSA) is 98.5 Å². The molecule has 0 saturated heterocycles. The van der Waals surface area contributed by atoms with Gasteiger partial charge in [0.25, 0.3) is 0 Å². The highest BCUT2D eigenvalue weighted by Crippen LogP contribution is 2.28. The van der Waals surface area contributed by atoms with E-state index in [1.807, 2.05) is 41.8 Å². The van der Waals surface area contributed by atoms with Crippen molar-refractivity contribution in [1.29, 1.82) is 0 Å². The molecule has 0 radical (unpaired) electrons. The molecule has 0 saturated carbocycles. The van der Waals surface area contributed by atoms with Crippen LogP contribution in [0.15, 0.2) is 46.4 Å². The lowest BCUT2D eigenvalue weighted by atomic mass is 10.2. The maximum absolute atomic E-state index is 12.2. The lowest BCUT2D eigenvalue weighted by Crippen LogP contribution is -2.14. The molecule has 3 heterocycles.